The lowest BCUT2D eigenvalue weighted by molar-refractivity contribution is -0.113. The van der Waals surface area contributed by atoms with E-state index in [-0.39, 0.29) is 11.7 Å². The summed E-state index contributed by atoms with van der Waals surface area (Å²) in [6.45, 7) is 0. The zero-order valence-electron chi connectivity index (χ0n) is 15.4. The topological polar surface area (TPSA) is 85.3 Å². The fourth-order valence-electron chi connectivity index (χ4n) is 3.12. The molecule has 5 aromatic rings. The molecule has 0 atom stereocenters. The number of nitrogens with zero attached hydrogens (tertiary/aromatic N) is 4. The van der Waals surface area contributed by atoms with Crippen LogP contribution in [0.15, 0.2) is 76.5 Å². The third kappa shape index (κ3) is 3.51. The molecule has 5 rings (SSSR count). The van der Waals surface area contributed by atoms with Crippen LogP contribution in [0.5, 0.6) is 0 Å². The second kappa shape index (κ2) is 7.81. The van der Waals surface area contributed by atoms with E-state index in [0.29, 0.717) is 33.1 Å². The molecule has 0 radical (unpaired) electrons. The Hall–Kier alpha value is -3.36. The molecule has 1 amide bonds. The van der Waals surface area contributed by atoms with Crippen molar-refractivity contribution in [3.05, 3.63) is 71.9 Å². The number of hydrogen-bond acceptors (Lipinski definition) is 6. The number of amides is 1. The fourth-order valence-corrected chi connectivity index (χ4v) is 4.04. The Bertz CT molecular complexity index is 1370. The molecular formula is C21H14ClN5O2S. The molecule has 3 heterocycles. The number of aromatic nitrogens is 4. The summed E-state index contributed by atoms with van der Waals surface area (Å²) in [6, 6.07) is 18.4. The van der Waals surface area contributed by atoms with Gasteiger partial charge in [-0.05, 0) is 42.5 Å². The van der Waals surface area contributed by atoms with E-state index in [1.165, 1.54) is 11.8 Å². The maximum atomic E-state index is 12.4. The highest BCUT2D eigenvalue weighted by molar-refractivity contribution is 7.99. The molecule has 2 aromatic carbocycles. The summed E-state index contributed by atoms with van der Waals surface area (Å²) in [5, 5.41) is 13.5. The molecular weight excluding hydrogens is 422 g/mol. The van der Waals surface area contributed by atoms with Gasteiger partial charge in [-0.25, -0.2) is 4.98 Å². The number of hydrogen-bond donors (Lipinski definition) is 1. The van der Waals surface area contributed by atoms with Gasteiger partial charge >= 0.3 is 0 Å². The summed E-state index contributed by atoms with van der Waals surface area (Å²) in [4.78, 5) is 17.2. The Labute approximate surface area is 180 Å². The third-order valence-electron chi connectivity index (χ3n) is 4.40. The molecule has 0 bridgehead atoms. The van der Waals surface area contributed by atoms with Gasteiger partial charge in [0.1, 0.15) is 0 Å². The second-order valence-corrected chi connectivity index (χ2v) is 7.80. The highest BCUT2D eigenvalue weighted by Crippen LogP contribution is 2.29. The van der Waals surface area contributed by atoms with Crippen molar-refractivity contribution in [3.8, 4) is 11.6 Å². The molecule has 148 valence electrons. The quantitative estimate of drug-likeness (QED) is 0.394. The van der Waals surface area contributed by atoms with Crippen LogP contribution in [0.4, 0.5) is 5.69 Å². The summed E-state index contributed by atoms with van der Waals surface area (Å²) >= 11 is 7.24. The number of fused-ring (bicyclic) bond motifs is 3. The normalized spacial score (nSPS) is 11.2. The van der Waals surface area contributed by atoms with Gasteiger partial charge in [0.15, 0.2) is 22.4 Å². The van der Waals surface area contributed by atoms with Crippen LogP contribution in [0.1, 0.15) is 0 Å². The van der Waals surface area contributed by atoms with Crippen LogP contribution >= 0.6 is 23.4 Å². The molecule has 9 heteroatoms. The minimum atomic E-state index is -0.174. The van der Waals surface area contributed by atoms with Crippen LogP contribution in [0.3, 0.4) is 0 Å². The molecule has 3 aromatic heterocycles. The zero-order chi connectivity index (χ0) is 20.5. The van der Waals surface area contributed by atoms with Gasteiger partial charge in [-0.2, -0.15) is 0 Å². The van der Waals surface area contributed by atoms with Gasteiger partial charge in [-0.3, -0.25) is 9.20 Å². The number of nitrogens with one attached hydrogen (secondary N) is 1. The minimum absolute atomic E-state index is 0.151. The van der Waals surface area contributed by atoms with Crippen LogP contribution < -0.4 is 5.32 Å². The van der Waals surface area contributed by atoms with Crippen molar-refractivity contribution in [1.82, 2.24) is 19.6 Å². The summed E-state index contributed by atoms with van der Waals surface area (Å²) in [5.41, 5.74) is 2.09. The largest absolute Gasteiger partial charge is 0.461 e. The van der Waals surface area contributed by atoms with Crippen molar-refractivity contribution in [3.63, 3.8) is 0 Å². The van der Waals surface area contributed by atoms with E-state index < -0.39 is 0 Å². The van der Waals surface area contributed by atoms with E-state index in [1.807, 2.05) is 34.7 Å². The standard InChI is InChI=1S/C21H14ClN5O2S/c22-13-5-3-6-14(11-13)23-18(28)12-30-21-26-25-19-15-7-1-2-8-16(15)24-20(27(19)21)17-9-4-10-29-17/h1-11H,12H2,(H,23,28). The van der Waals surface area contributed by atoms with Gasteiger partial charge < -0.3 is 9.73 Å². The van der Waals surface area contributed by atoms with Crippen LogP contribution in [0.25, 0.3) is 28.1 Å². The molecule has 1 N–H and O–H groups in total. The number of rotatable bonds is 5. The van der Waals surface area contributed by atoms with Crippen LogP contribution in [-0.2, 0) is 4.79 Å². The first-order chi connectivity index (χ1) is 14.7. The average Bonchev–Trinajstić information content (AvgIpc) is 3.42. The lowest BCUT2D eigenvalue weighted by Gasteiger charge is -2.08. The fraction of sp³-hybridized carbons (Fsp3) is 0.0476. The Balaban J connectivity index is 1.49. The van der Waals surface area contributed by atoms with Crippen molar-refractivity contribution in [2.45, 2.75) is 5.16 Å². The number of anilines is 1. The number of benzene rings is 2. The van der Waals surface area contributed by atoms with Gasteiger partial charge in [0.05, 0.1) is 17.5 Å². The highest BCUT2D eigenvalue weighted by Gasteiger charge is 2.19. The van der Waals surface area contributed by atoms with Gasteiger partial charge in [-0.1, -0.05) is 41.6 Å². The van der Waals surface area contributed by atoms with Gasteiger partial charge in [0.2, 0.25) is 5.91 Å². The smallest absolute Gasteiger partial charge is 0.234 e. The van der Waals surface area contributed by atoms with E-state index in [1.54, 1.807) is 36.6 Å². The number of halogens is 1. The van der Waals surface area contributed by atoms with Gasteiger partial charge in [0.25, 0.3) is 0 Å². The predicted molar refractivity (Wildman–Crippen MR) is 117 cm³/mol. The summed E-state index contributed by atoms with van der Waals surface area (Å²) in [6.07, 6.45) is 1.59. The van der Waals surface area contributed by atoms with E-state index in [0.717, 1.165) is 10.9 Å². The van der Waals surface area contributed by atoms with E-state index in [2.05, 4.69) is 15.5 Å². The predicted octanol–water partition coefficient (Wildman–Crippen LogP) is 4.92. The van der Waals surface area contributed by atoms with Gasteiger partial charge in [0, 0.05) is 16.1 Å². The van der Waals surface area contributed by atoms with Crippen molar-refractivity contribution >= 4 is 51.5 Å². The lowest BCUT2D eigenvalue weighted by Crippen LogP contribution is -2.14. The van der Waals surface area contributed by atoms with Crippen molar-refractivity contribution in [2.75, 3.05) is 11.1 Å². The summed E-state index contributed by atoms with van der Waals surface area (Å²) in [5.74, 6) is 1.15. The average molecular weight is 436 g/mol. The first kappa shape index (κ1) is 18.7. The number of carbonyl (C=O) groups is 1. The van der Waals surface area contributed by atoms with Crippen LogP contribution in [0, 0.1) is 0 Å². The number of furan rings is 1. The molecule has 0 saturated carbocycles. The van der Waals surface area contributed by atoms with E-state index in [4.69, 9.17) is 21.0 Å². The molecule has 0 saturated heterocycles. The monoisotopic (exact) mass is 435 g/mol. The van der Waals surface area contributed by atoms with E-state index >= 15 is 0 Å². The number of para-hydroxylation sites is 1. The Morgan fingerprint density at radius 3 is 2.83 bits per heavy atom. The SMILES string of the molecule is O=C(CSc1nnc2c3ccccc3nc(-c3ccco3)n12)Nc1cccc(Cl)c1. The second-order valence-electron chi connectivity index (χ2n) is 6.42. The lowest BCUT2D eigenvalue weighted by atomic mass is 10.2. The van der Waals surface area contributed by atoms with Crippen molar-refractivity contribution in [2.24, 2.45) is 0 Å². The van der Waals surface area contributed by atoms with Crippen molar-refractivity contribution in [1.29, 1.82) is 0 Å². The van der Waals surface area contributed by atoms with Crippen LogP contribution in [0.2, 0.25) is 5.02 Å². The Morgan fingerprint density at radius 1 is 1.10 bits per heavy atom. The molecule has 0 aliphatic heterocycles. The molecule has 30 heavy (non-hydrogen) atoms. The Kier molecular flexibility index (Phi) is 4.86. The van der Waals surface area contributed by atoms with Crippen LogP contribution in [-0.4, -0.2) is 31.2 Å². The Morgan fingerprint density at radius 2 is 2.00 bits per heavy atom. The first-order valence-corrected chi connectivity index (χ1v) is 10.4. The summed E-state index contributed by atoms with van der Waals surface area (Å²) < 4.78 is 7.39. The zero-order valence-corrected chi connectivity index (χ0v) is 17.0. The summed E-state index contributed by atoms with van der Waals surface area (Å²) in [7, 11) is 0. The molecule has 0 aliphatic rings. The van der Waals surface area contributed by atoms with Gasteiger partial charge in [-0.15, -0.1) is 10.2 Å². The molecule has 7 nitrogen and oxygen atoms in total. The third-order valence-corrected chi connectivity index (χ3v) is 5.56. The molecule has 0 aliphatic carbocycles. The first-order valence-electron chi connectivity index (χ1n) is 9.05. The molecule has 0 spiro atoms. The highest BCUT2D eigenvalue weighted by atomic mass is 35.5. The van der Waals surface area contributed by atoms with E-state index in [9.17, 15) is 4.79 Å². The maximum Gasteiger partial charge on any atom is 0.234 e. The number of thioether (sulfide) groups is 1. The minimum Gasteiger partial charge on any atom is -0.461 e. The molecule has 0 fully saturated rings. The van der Waals surface area contributed by atoms with Crippen molar-refractivity contribution < 1.29 is 9.21 Å². The molecule has 0 unspecified atom stereocenters. The maximum absolute atomic E-state index is 12.4. The number of carbonyl (C=O) groups excluding carboxylic acids is 1.